The average Bonchev–Trinajstić information content (AvgIpc) is 3.79. The maximum atomic E-state index is 4.80. The van der Waals surface area contributed by atoms with E-state index in [9.17, 15) is 0 Å². The van der Waals surface area contributed by atoms with E-state index in [-0.39, 0.29) is 16.9 Å². The van der Waals surface area contributed by atoms with Gasteiger partial charge < -0.3 is 9.97 Å². The van der Waals surface area contributed by atoms with Gasteiger partial charge in [0, 0.05) is 54.6 Å². The van der Waals surface area contributed by atoms with Gasteiger partial charge in [0.05, 0.1) is 35.6 Å². The molecule has 2 aliphatic rings. The molecule has 9 heteroatoms. The molecule has 0 amide bonds. The first kappa shape index (κ1) is 27.6. The molecule has 5 aromatic rings. The number of H-pyrrole nitrogens is 2. The summed E-state index contributed by atoms with van der Waals surface area (Å²) in [5, 5.41) is 0. The summed E-state index contributed by atoms with van der Waals surface area (Å²) in [7, 11) is 0. The Balaban J connectivity index is 1.22. The van der Waals surface area contributed by atoms with Gasteiger partial charge in [-0.2, -0.15) is 8.75 Å². The van der Waals surface area contributed by atoms with Crippen molar-refractivity contribution >= 4 is 63.1 Å². The number of hydrogen-bond donors (Lipinski definition) is 3. The highest BCUT2D eigenvalue weighted by Gasteiger charge is 2.33. The molecule has 6 nitrogen and oxygen atoms in total. The quantitative estimate of drug-likeness (QED) is 0.167. The summed E-state index contributed by atoms with van der Waals surface area (Å²) >= 11 is 4.53. The van der Waals surface area contributed by atoms with Gasteiger partial charge in [0.25, 0.3) is 0 Å². The topological polar surface area (TPSA) is 81.8 Å². The van der Waals surface area contributed by atoms with E-state index in [0.29, 0.717) is 0 Å². The van der Waals surface area contributed by atoms with Gasteiger partial charge in [0.1, 0.15) is 11.0 Å². The molecule has 0 saturated heterocycles. The van der Waals surface area contributed by atoms with E-state index in [1.54, 1.807) is 0 Å². The van der Waals surface area contributed by atoms with Crippen molar-refractivity contribution in [2.75, 3.05) is 0 Å². The second kappa shape index (κ2) is 10.2. The fraction of sp³-hybridized carbons (Fsp3) is 0.303. The number of allylic oxidation sites excluding steroid dienone is 2. The summed E-state index contributed by atoms with van der Waals surface area (Å²) in [5.74, 6) is 0. The molecule has 3 N–H and O–H groups in total. The van der Waals surface area contributed by atoms with Crippen molar-refractivity contribution in [1.82, 2.24) is 23.4 Å². The minimum absolute atomic E-state index is 0.00612. The Bertz CT molecular complexity index is 1900. The molecule has 214 valence electrons. The summed E-state index contributed by atoms with van der Waals surface area (Å²) in [5.41, 5.74) is 12.2. The van der Waals surface area contributed by atoms with Crippen LogP contribution in [0.1, 0.15) is 69.9 Å². The second-order valence-electron chi connectivity index (χ2n) is 12.7. The molecule has 4 aromatic heterocycles. The highest BCUT2D eigenvalue weighted by molar-refractivity contribution is 7.96. The zero-order valence-electron chi connectivity index (χ0n) is 24.6. The normalized spacial score (nSPS) is 17.4. The molecule has 0 bridgehead atoms. The monoisotopic (exact) mass is 610 g/mol. The number of aromatic amines is 2. The van der Waals surface area contributed by atoms with Gasteiger partial charge in [-0.05, 0) is 59.9 Å². The Morgan fingerprint density at radius 3 is 2.29 bits per heavy atom. The molecule has 5 heterocycles. The number of hydrogen-bond acceptors (Lipinski definition) is 7. The van der Waals surface area contributed by atoms with Crippen molar-refractivity contribution in [3.63, 3.8) is 0 Å². The lowest BCUT2D eigenvalue weighted by Crippen LogP contribution is -2.31. The summed E-state index contributed by atoms with van der Waals surface area (Å²) in [6.07, 6.45) is 5.48. The van der Waals surface area contributed by atoms with Crippen molar-refractivity contribution in [2.45, 2.75) is 64.8 Å². The molecular formula is C33H34N6S3. The van der Waals surface area contributed by atoms with E-state index in [4.69, 9.17) is 13.1 Å². The maximum Gasteiger partial charge on any atom is 0.114 e. The van der Waals surface area contributed by atoms with Crippen LogP contribution in [-0.4, -0.2) is 30.5 Å². The van der Waals surface area contributed by atoms with Crippen LogP contribution in [0.15, 0.2) is 65.1 Å². The summed E-state index contributed by atoms with van der Waals surface area (Å²) in [4.78, 5) is 9.97. The Morgan fingerprint density at radius 1 is 0.786 bits per heavy atom. The minimum Gasteiger partial charge on any atom is -0.358 e. The molecule has 7 rings (SSSR count). The standard InChI is InChI=1S/C33H34N6S3/c1-7-33(5,6)26-16-14-24(35-26)20-9-8-18(28-29(20)37-41-36-28)22-12-13-23(34-22)19-10-11-21(31-30(19)38-42-39-31)25-15-17-27(40-25)32(2,3)4/h8-17,28,34-36H,7H2,1-6H3. The molecule has 1 aromatic carbocycles. The van der Waals surface area contributed by atoms with Crippen molar-refractivity contribution in [1.29, 1.82) is 0 Å². The lowest BCUT2D eigenvalue weighted by atomic mass is 9.87. The maximum absolute atomic E-state index is 4.80. The third-order valence-corrected chi connectivity index (χ3v) is 11.2. The number of nitrogens with zero attached hydrogens (tertiary/aromatic N) is 3. The molecule has 42 heavy (non-hydrogen) atoms. The van der Waals surface area contributed by atoms with Crippen LogP contribution in [0.4, 0.5) is 0 Å². The van der Waals surface area contributed by atoms with Gasteiger partial charge in [-0.15, -0.1) is 11.3 Å². The van der Waals surface area contributed by atoms with Crippen LogP contribution < -0.4 is 4.72 Å². The average molecular weight is 611 g/mol. The van der Waals surface area contributed by atoms with Gasteiger partial charge in [0.15, 0.2) is 0 Å². The smallest absolute Gasteiger partial charge is 0.114 e. The predicted molar refractivity (Wildman–Crippen MR) is 181 cm³/mol. The molecule has 0 saturated carbocycles. The fourth-order valence-electron chi connectivity index (χ4n) is 5.51. The van der Waals surface area contributed by atoms with Crippen LogP contribution >= 0.6 is 35.2 Å². The van der Waals surface area contributed by atoms with E-state index in [0.717, 1.165) is 56.9 Å². The van der Waals surface area contributed by atoms with Crippen molar-refractivity contribution in [3.05, 3.63) is 82.6 Å². The van der Waals surface area contributed by atoms with Crippen molar-refractivity contribution < 1.29 is 0 Å². The van der Waals surface area contributed by atoms with E-state index in [2.05, 4.69) is 117 Å². The van der Waals surface area contributed by atoms with Gasteiger partial charge in [0.2, 0.25) is 0 Å². The number of rotatable bonds is 6. The predicted octanol–water partition coefficient (Wildman–Crippen LogP) is 9.18. The van der Waals surface area contributed by atoms with Crippen LogP contribution in [-0.2, 0) is 10.8 Å². The highest BCUT2D eigenvalue weighted by Crippen LogP contribution is 2.41. The molecule has 1 aliphatic heterocycles. The lowest BCUT2D eigenvalue weighted by Gasteiger charge is -2.23. The number of aromatic nitrogens is 4. The highest BCUT2D eigenvalue weighted by atomic mass is 32.2. The Hall–Kier alpha value is -3.24. The number of fused-ring (bicyclic) bond motifs is 2. The summed E-state index contributed by atoms with van der Waals surface area (Å²) in [6, 6.07) is 17.5. The Labute approximate surface area is 259 Å². The molecule has 0 radical (unpaired) electrons. The van der Waals surface area contributed by atoms with Crippen molar-refractivity contribution in [2.24, 2.45) is 4.40 Å². The molecule has 1 atom stereocenters. The summed E-state index contributed by atoms with van der Waals surface area (Å²) in [6.45, 7) is 13.6. The van der Waals surface area contributed by atoms with Gasteiger partial charge in [-0.3, -0.25) is 0 Å². The SMILES string of the molecule is CCC(C)(C)c1ccc(C2=CC=C(c3ccc(-c4ccc(-c5ccc(C(C)(C)C)s5)c5nsnc45)[nH]3)C3NSN=C23)[nH]1. The molecule has 1 unspecified atom stereocenters. The first-order valence-electron chi connectivity index (χ1n) is 14.3. The zero-order valence-corrected chi connectivity index (χ0v) is 27.1. The third kappa shape index (κ3) is 4.63. The van der Waals surface area contributed by atoms with Crippen LogP contribution in [0.5, 0.6) is 0 Å². The number of nitrogens with one attached hydrogen (secondary N) is 3. The number of thiophene rings is 1. The van der Waals surface area contributed by atoms with E-state index in [1.807, 2.05) is 11.3 Å². The molecular weight excluding hydrogens is 577 g/mol. The summed E-state index contributed by atoms with van der Waals surface area (Å²) < 4.78 is 17.8. The Kier molecular flexibility index (Phi) is 6.69. The van der Waals surface area contributed by atoms with Gasteiger partial charge in [-0.25, -0.2) is 9.12 Å². The van der Waals surface area contributed by atoms with Gasteiger partial charge in [-0.1, -0.05) is 59.8 Å². The molecule has 0 spiro atoms. The Morgan fingerprint density at radius 2 is 1.52 bits per heavy atom. The van der Waals surface area contributed by atoms with Crippen molar-refractivity contribution in [3.8, 4) is 21.7 Å². The van der Waals surface area contributed by atoms with Crippen LogP contribution in [0.3, 0.4) is 0 Å². The van der Waals surface area contributed by atoms with E-state index >= 15 is 0 Å². The number of benzene rings is 1. The minimum atomic E-state index is 0.00612. The van der Waals surface area contributed by atoms with E-state index in [1.165, 1.54) is 44.9 Å². The molecule has 1 aliphatic carbocycles. The first-order valence-corrected chi connectivity index (χ1v) is 16.6. The van der Waals surface area contributed by atoms with Crippen LogP contribution in [0.25, 0.3) is 43.9 Å². The zero-order chi connectivity index (χ0) is 29.2. The molecule has 0 fully saturated rings. The van der Waals surface area contributed by atoms with Gasteiger partial charge >= 0.3 is 0 Å². The second-order valence-corrected chi connectivity index (χ2v) is 14.9. The van der Waals surface area contributed by atoms with Crippen LogP contribution in [0.2, 0.25) is 0 Å². The largest absolute Gasteiger partial charge is 0.358 e. The van der Waals surface area contributed by atoms with E-state index < -0.39 is 0 Å². The lowest BCUT2D eigenvalue weighted by molar-refractivity contribution is 0.493. The third-order valence-electron chi connectivity index (χ3n) is 8.51. The first-order chi connectivity index (χ1) is 20.1. The van der Waals surface area contributed by atoms with Crippen LogP contribution in [0, 0.1) is 0 Å². The fourth-order valence-corrected chi connectivity index (χ4v) is 7.87.